The van der Waals surface area contributed by atoms with Gasteiger partial charge in [0.25, 0.3) is 11.8 Å². The molecule has 662 valence electrons. The van der Waals surface area contributed by atoms with Crippen molar-refractivity contribution >= 4 is 135 Å². The number of benzene rings is 6. The Hall–Kier alpha value is -15.2. The van der Waals surface area contributed by atoms with Crippen LogP contribution in [0, 0.1) is 5.92 Å². The number of fused-ring (bicyclic) bond motifs is 10. The van der Waals surface area contributed by atoms with Crippen LogP contribution in [0.4, 0.5) is 23.3 Å². The number of nitrogens with one attached hydrogen (secondary N) is 3. The number of imidazole rings is 4. The highest BCUT2D eigenvalue weighted by atomic mass is 32.1. The van der Waals surface area contributed by atoms with Gasteiger partial charge in [-0.05, 0) is 154 Å². The fourth-order valence-corrected chi connectivity index (χ4v) is 21.6. The lowest BCUT2D eigenvalue weighted by atomic mass is 9.85. The third-order valence-electron chi connectivity index (χ3n) is 26.7. The van der Waals surface area contributed by atoms with Crippen molar-refractivity contribution in [3.8, 4) is 62.0 Å². The zero-order valence-corrected chi connectivity index (χ0v) is 74.3. The van der Waals surface area contributed by atoms with Crippen molar-refractivity contribution in [2.45, 2.75) is 94.8 Å². The van der Waals surface area contributed by atoms with Gasteiger partial charge in [0.15, 0.2) is 0 Å². The van der Waals surface area contributed by atoms with Crippen LogP contribution < -0.4 is 37.1 Å². The lowest BCUT2D eigenvalue weighted by Gasteiger charge is -2.35. The third-order valence-corrected chi connectivity index (χ3v) is 28.7. The zero-order valence-electron chi connectivity index (χ0n) is 72.6. The van der Waals surface area contributed by atoms with Gasteiger partial charge in [0.1, 0.15) is 127 Å². The third kappa shape index (κ3) is 15.5. The number of para-hydroxylation sites is 5. The summed E-state index contributed by atoms with van der Waals surface area (Å²) in [6.07, 6.45) is 26.1. The molecule has 1 unspecified atom stereocenters. The normalized spacial score (nSPS) is 16.1. The van der Waals surface area contributed by atoms with Crippen LogP contribution in [0.3, 0.4) is 0 Å². The molecule has 6 aromatic carbocycles. The maximum atomic E-state index is 13.3. The van der Waals surface area contributed by atoms with E-state index in [1.165, 1.54) is 40.7 Å². The molecule has 1 atom stereocenters. The summed E-state index contributed by atoms with van der Waals surface area (Å²) in [6.45, 7) is 7.31. The second-order valence-electron chi connectivity index (χ2n) is 34.6. The van der Waals surface area contributed by atoms with Gasteiger partial charge in [-0.15, -0.1) is 22.7 Å². The number of nitrogens with zero attached hydrogens (tertiary/aromatic N) is 15. The Bertz CT molecular complexity index is 7510. The van der Waals surface area contributed by atoms with Crippen molar-refractivity contribution in [1.29, 1.82) is 0 Å². The first kappa shape index (κ1) is 82.5. The van der Waals surface area contributed by atoms with Gasteiger partial charge < -0.3 is 66.8 Å². The molecule has 6 aliphatic rings. The summed E-state index contributed by atoms with van der Waals surface area (Å²) >= 11 is 3.20. The number of H-pyrrole nitrogens is 3. The standard InChI is InChI=1S/C29H28N6O2.C29H26N6O2.C26H26N6O2S.C18H16N4S/c2*30-27-26-25(23-16-19-5-1-3-7-22(19)32-23)33-28(35(26)14-11-31-27)18-9-12-34(13-10-18)29(36)21-15-20-6-2-4-8-24(20)37-17-21;1-2-34-20-9-14-35-23(20)26(33)31-11-7-16(8-12-31)25-30-21(22-24(27)28-10-13-32(22)25)19-15-17-5-3-4-6-18(17)29-19;19-17-16-15(14-10-12-4-1-2-7-13(12)23-14)21-18(11-5-3-6-11)22(16)9-8-20-17/h1-8,11,14,16,18,21,32H,9-10,12-13,15,17H2,(H2,30,31);1-8,11,14-16,18,32H,9-10,12-13,17H2,(H2,30,31);3-6,9-10,13-16,29H,2,7-8,11-12H2,1H3,(H2,27,28);1-2,4,7-11H,3,5-6H2,(H2,19,20). The average Bonchev–Trinajstić information content (AvgIpc) is 1.61. The Labute approximate surface area is 766 Å². The van der Waals surface area contributed by atoms with E-state index in [2.05, 4.69) is 143 Å². The number of nitrogens with two attached hydrogens (primary N) is 4. The summed E-state index contributed by atoms with van der Waals surface area (Å²) in [5.74, 6) is 9.67. The molecule has 25 rings (SSSR count). The molecule has 30 heteroatoms. The number of likely N-dealkylation sites (tertiary alicyclic amines) is 3. The molecule has 0 bridgehead atoms. The number of carbonyl (C=O) groups excluding carboxylic acids is 3. The molecule has 28 nitrogen and oxygen atoms in total. The van der Waals surface area contributed by atoms with Gasteiger partial charge >= 0.3 is 0 Å². The quantitative estimate of drug-likeness (QED) is 0.0564. The summed E-state index contributed by atoms with van der Waals surface area (Å²) < 4.78 is 27.0. The Morgan fingerprint density at radius 3 is 1.36 bits per heavy atom. The highest BCUT2D eigenvalue weighted by molar-refractivity contribution is 7.22. The molecule has 4 fully saturated rings. The van der Waals surface area contributed by atoms with E-state index in [4.69, 9.17) is 57.1 Å². The molecule has 18 heterocycles. The number of piperidine rings is 3. The number of aromatic nitrogens is 15. The van der Waals surface area contributed by atoms with Crippen LogP contribution in [0.2, 0.25) is 0 Å². The first-order valence-corrected chi connectivity index (χ1v) is 46.9. The predicted molar refractivity (Wildman–Crippen MR) is 518 cm³/mol. The SMILES string of the molecule is CCOc1ccsc1C(=O)N1CCC(c2nc(-c3cc4ccccc4[nH]3)c3c(N)nccn23)CC1.Nc1nccn2c(C3CCC3)nc(-c3cc4ccccc4s3)c12.Nc1nccn2c(C3CCN(C(=O)C4=Cc5ccccc5OC4)CC3)nc(-c3cc4ccccc4[nH]3)c12.Nc1nccn2c(C3CCN(C(=O)C4COc5ccccc5C4)CC3)nc(-c3cc4ccccc4[nH]3)c12. The van der Waals surface area contributed by atoms with E-state index < -0.39 is 0 Å². The molecule has 1 saturated carbocycles. The average molecular weight is 1790 g/mol. The van der Waals surface area contributed by atoms with Crippen LogP contribution >= 0.6 is 22.7 Å². The van der Waals surface area contributed by atoms with Gasteiger partial charge in [0, 0.05) is 155 Å². The number of hydrogen-bond donors (Lipinski definition) is 7. The number of aromatic amines is 3. The second-order valence-corrected chi connectivity index (χ2v) is 36.6. The maximum Gasteiger partial charge on any atom is 0.267 e. The molecule has 0 spiro atoms. The Balaban J connectivity index is 0.000000104. The van der Waals surface area contributed by atoms with Crippen LogP contribution in [0.15, 0.2) is 236 Å². The fourth-order valence-electron chi connectivity index (χ4n) is 19.7. The van der Waals surface area contributed by atoms with Gasteiger partial charge in [-0.25, -0.2) is 39.9 Å². The molecule has 19 aromatic rings. The van der Waals surface area contributed by atoms with Crippen LogP contribution in [-0.2, 0) is 16.0 Å². The first-order valence-electron chi connectivity index (χ1n) is 45.2. The van der Waals surface area contributed by atoms with Crippen molar-refractivity contribution in [3.05, 3.63) is 276 Å². The largest absolute Gasteiger partial charge is 0.492 e. The van der Waals surface area contributed by atoms with Gasteiger partial charge in [-0.3, -0.25) is 32.0 Å². The van der Waals surface area contributed by atoms with Crippen LogP contribution in [0.5, 0.6) is 17.2 Å². The summed E-state index contributed by atoms with van der Waals surface area (Å²) in [4.78, 5) is 95.5. The van der Waals surface area contributed by atoms with Gasteiger partial charge in [0.2, 0.25) is 5.91 Å². The molecule has 3 saturated heterocycles. The summed E-state index contributed by atoms with van der Waals surface area (Å²) in [5.41, 5.74) is 40.7. The van der Waals surface area contributed by atoms with Crippen molar-refractivity contribution in [1.82, 2.24) is 87.1 Å². The number of ether oxygens (including phenoxy) is 3. The van der Waals surface area contributed by atoms with Gasteiger partial charge in [-0.1, -0.05) is 116 Å². The Morgan fingerprint density at radius 1 is 0.455 bits per heavy atom. The van der Waals surface area contributed by atoms with E-state index in [0.29, 0.717) is 104 Å². The smallest absolute Gasteiger partial charge is 0.267 e. The number of amides is 3. The molecule has 1 aliphatic carbocycles. The van der Waals surface area contributed by atoms with Crippen molar-refractivity contribution < 1.29 is 28.6 Å². The van der Waals surface area contributed by atoms with Crippen molar-refractivity contribution in [3.63, 3.8) is 0 Å². The van der Waals surface area contributed by atoms with Crippen molar-refractivity contribution in [2.75, 3.05) is 82.0 Å². The molecule has 5 aliphatic heterocycles. The molecule has 3 amide bonds. The highest BCUT2D eigenvalue weighted by Crippen LogP contribution is 2.45. The second kappa shape index (κ2) is 35.0. The summed E-state index contributed by atoms with van der Waals surface area (Å²) in [7, 11) is 0. The first-order chi connectivity index (χ1) is 64.8. The van der Waals surface area contributed by atoms with Crippen LogP contribution in [-0.4, -0.2) is 164 Å². The van der Waals surface area contributed by atoms with Gasteiger partial charge in [0.05, 0.1) is 40.1 Å². The number of carbonyl (C=O) groups is 3. The number of hydrogen-bond acceptors (Lipinski definition) is 20. The number of thiophene rings is 2. The highest BCUT2D eigenvalue weighted by Gasteiger charge is 2.38. The van der Waals surface area contributed by atoms with E-state index >= 15 is 0 Å². The molecular formula is C102H96N22O6S2. The monoisotopic (exact) mass is 1790 g/mol. The van der Waals surface area contributed by atoms with E-state index in [1.54, 1.807) is 36.1 Å². The van der Waals surface area contributed by atoms with E-state index in [1.807, 2.05) is 143 Å². The maximum absolute atomic E-state index is 13.3. The molecular weight excluding hydrogens is 1690 g/mol. The Kier molecular flexibility index (Phi) is 21.9. The fraction of sp³-hybridized carbons (Fsp3) is 0.245. The van der Waals surface area contributed by atoms with E-state index in [9.17, 15) is 14.4 Å². The topological polar surface area (TPSA) is 361 Å². The van der Waals surface area contributed by atoms with Crippen LogP contribution in [0.25, 0.3) is 116 Å². The molecule has 11 N–H and O–H groups in total. The predicted octanol–water partition coefficient (Wildman–Crippen LogP) is 18.5. The number of nitrogen functional groups attached to an aromatic ring is 4. The molecule has 132 heavy (non-hydrogen) atoms. The van der Waals surface area contributed by atoms with E-state index in [0.717, 1.165) is 190 Å². The number of anilines is 4. The minimum absolute atomic E-state index is 0.0436. The summed E-state index contributed by atoms with van der Waals surface area (Å²) in [6, 6.07) is 59.1. The van der Waals surface area contributed by atoms with Gasteiger partial charge in [-0.2, -0.15) is 0 Å². The Morgan fingerprint density at radius 2 is 0.879 bits per heavy atom. The summed E-state index contributed by atoms with van der Waals surface area (Å²) in [5, 5.41) is 6.54. The number of rotatable bonds is 13. The zero-order chi connectivity index (χ0) is 89.2. The minimum atomic E-state index is -0.127. The lowest BCUT2D eigenvalue weighted by Crippen LogP contribution is -2.44. The molecule has 0 radical (unpaired) electrons. The minimum Gasteiger partial charge on any atom is -0.492 e. The van der Waals surface area contributed by atoms with E-state index in [-0.39, 0.29) is 41.4 Å². The molecule has 13 aromatic heterocycles. The van der Waals surface area contributed by atoms with Crippen molar-refractivity contribution in [2.24, 2.45) is 5.92 Å². The van der Waals surface area contributed by atoms with Crippen LogP contribution in [0.1, 0.15) is 132 Å². The lowest BCUT2D eigenvalue weighted by molar-refractivity contribution is -0.138.